The third-order valence-corrected chi connectivity index (χ3v) is 3.45. The third kappa shape index (κ3) is 2.50. The van der Waals surface area contributed by atoms with Crippen LogP contribution in [0, 0.1) is 6.92 Å². The lowest BCUT2D eigenvalue weighted by molar-refractivity contribution is 0.315. The van der Waals surface area contributed by atoms with Gasteiger partial charge in [0.25, 0.3) is 0 Å². The van der Waals surface area contributed by atoms with E-state index < -0.39 is 0 Å². The number of hydrogen-bond donors (Lipinski definition) is 0. The second kappa shape index (κ2) is 5.97. The van der Waals surface area contributed by atoms with E-state index in [1.807, 2.05) is 37.3 Å². The Morgan fingerprint density at radius 1 is 1.05 bits per heavy atom. The summed E-state index contributed by atoms with van der Waals surface area (Å²) in [6, 6.07) is 11.4. The number of rotatable bonds is 3. The van der Waals surface area contributed by atoms with Crippen molar-refractivity contribution in [3.05, 3.63) is 52.4 Å². The standard InChI is InChI=1S/C17H16O3.H2O/c1-3-10-19-15-9-8-13-12-6-4-5-7-14(12)17(18)20-16(13)11(15)2;/h4-9H,3,10H2,1-2H3;1H2. The molecule has 0 amide bonds. The van der Waals surface area contributed by atoms with Crippen molar-refractivity contribution in [3.8, 4) is 5.75 Å². The maximum atomic E-state index is 12.1. The quantitative estimate of drug-likeness (QED) is 0.548. The first-order chi connectivity index (χ1) is 9.72. The summed E-state index contributed by atoms with van der Waals surface area (Å²) in [5.41, 5.74) is 1.19. The molecular formula is C17H18O4. The minimum absolute atomic E-state index is 0. The summed E-state index contributed by atoms with van der Waals surface area (Å²) in [6.45, 7) is 4.64. The number of ether oxygens (including phenoxy) is 1. The minimum atomic E-state index is -0.302. The molecule has 0 aliphatic heterocycles. The minimum Gasteiger partial charge on any atom is -0.493 e. The molecule has 3 aromatic rings. The first-order valence-electron chi connectivity index (χ1n) is 6.80. The Morgan fingerprint density at radius 3 is 2.48 bits per heavy atom. The van der Waals surface area contributed by atoms with Gasteiger partial charge in [-0.2, -0.15) is 0 Å². The Hall–Kier alpha value is -2.33. The van der Waals surface area contributed by atoms with Crippen molar-refractivity contribution in [2.45, 2.75) is 20.3 Å². The smallest absolute Gasteiger partial charge is 0.344 e. The van der Waals surface area contributed by atoms with Gasteiger partial charge in [0.2, 0.25) is 0 Å². The van der Waals surface area contributed by atoms with Crippen LogP contribution in [0.5, 0.6) is 5.75 Å². The number of benzene rings is 2. The molecule has 110 valence electrons. The highest BCUT2D eigenvalue weighted by molar-refractivity contribution is 6.05. The molecule has 1 heterocycles. The molecule has 2 N–H and O–H groups in total. The topological polar surface area (TPSA) is 70.9 Å². The van der Waals surface area contributed by atoms with E-state index in [2.05, 4.69) is 6.92 Å². The van der Waals surface area contributed by atoms with Crippen LogP contribution in [0.4, 0.5) is 0 Å². The zero-order chi connectivity index (χ0) is 14.1. The van der Waals surface area contributed by atoms with Crippen LogP contribution in [0.15, 0.2) is 45.6 Å². The van der Waals surface area contributed by atoms with E-state index in [9.17, 15) is 4.79 Å². The van der Waals surface area contributed by atoms with E-state index in [0.717, 1.165) is 28.5 Å². The molecule has 4 nitrogen and oxygen atoms in total. The maximum Gasteiger partial charge on any atom is 0.344 e. The SMILES string of the molecule is CCCOc1ccc2c(oc(=O)c3ccccc32)c1C.O. The molecule has 0 aliphatic carbocycles. The van der Waals surface area contributed by atoms with Gasteiger partial charge in [-0.25, -0.2) is 4.79 Å². The Labute approximate surface area is 122 Å². The van der Waals surface area contributed by atoms with Gasteiger partial charge in [-0.3, -0.25) is 0 Å². The fourth-order valence-electron chi connectivity index (χ4n) is 2.43. The van der Waals surface area contributed by atoms with Gasteiger partial charge >= 0.3 is 5.63 Å². The van der Waals surface area contributed by atoms with E-state index in [1.54, 1.807) is 6.07 Å². The number of hydrogen-bond acceptors (Lipinski definition) is 3. The van der Waals surface area contributed by atoms with Gasteiger partial charge in [-0.15, -0.1) is 0 Å². The Morgan fingerprint density at radius 2 is 1.76 bits per heavy atom. The molecule has 1 aromatic heterocycles. The van der Waals surface area contributed by atoms with E-state index in [4.69, 9.17) is 9.15 Å². The third-order valence-electron chi connectivity index (χ3n) is 3.45. The summed E-state index contributed by atoms with van der Waals surface area (Å²) in [6.07, 6.45) is 0.944. The molecule has 0 saturated carbocycles. The second-order valence-corrected chi connectivity index (χ2v) is 4.85. The van der Waals surface area contributed by atoms with Crippen LogP contribution in [0.1, 0.15) is 18.9 Å². The summed E-state index contributed by atoms with van der Waals surface area (Å²) in [4.78, 5) is 12.1. The van der Waals surface area contributed by atoms with Crippen LogP contribution in [-0.2, 0) is 0 Å². The zero-order valence-corrected chi connectivity index (χ0v) is 12.1. The van der Waals surface area contributed by atoms with Crippen molar-refractivity contribution in [2.24, 2.45) is 0 Å². The fourth-order valence-corrected chi connectivity index (χ4v) is 2.43. The Kier molecular flexibility index (Phi) is 4.29. The van der Waals surface area contributed by atoms with Crippen molar-refractivity contribution in [1.82, 2.24) is 0 Å². The molecular weight excluding hydrogens is 268 g/mol. The van der Waals surface area contributed by atoms with Crippen LogP contribution >= 0.6 is 0 Å². The van der Waals surface area contributed by atoms with E-state index in [-0.39, 0.29) is 11.1 Å². The van der Waals surface area contributed by atoms with Gasteiger partial charge in [0, 0.05) is 10.9 Å². The average molecular weight is 286 g/mol. The van der Waals surface area contributed by atoms with Crippen molar-refractivity contribution < 1.29 is 14.6 Å². The zero-order valence-electron chi connectivity index (χ0n) is 12.1. The predicted molar refractivity (Wildman–Crippen MR) is 84.1 cm³/mol. The normalized spacial score (nSPS) is 10.6. The Bertz CT molecular complexity index is 833. The van der Waals surface area contributed by atoms with Gasteiger partial charge in [-0.05, 0) is 36.9 Å². The van der Waals surface area contributed by atoms with Gasteiger partial charge < -0.3 is 14.6 Å². The first kappa shape index (κ1) is 15.1. The van der Waals surface area contributed by atoms with Gasteiger partial charge in [0.05, 0.1) is 12.0 Å². The summed E-state index contributed by atoms with van der Waals surface area (Å²) < 4.78 is 11.2. The highest BCUT2D eigenvalue weighted by atomic mass is 16.5. The molecule has 3 rings (SSSR count). The molecule has 0 aliphatic rings. The summed E-state index contributed by atoms with van der Waals surface area (Å²) in [5.74, 6) is 0.776. The molecule has 21 heavy (non-hydrogen) atoms. The molecule has 0 atom stereocenters. The van der Waals surface area contributed by atoms with E-state index in [0.29, 0.717) is 17.6 Å². The van der Waals surface area contributed by atoms with E-state index >= 15 is 0 Å². The molecule has 0 saturated heterocycles. The van der Waals surface area contributed by atoms with Crippen LogP contribution in [0.2, 0.25) is 0 Å². The highest BCUT2D eigenvalue weighted by Crippen LogP contribution is 2.30. The number of aryl methyl sites for hydroxylation is 1. The average Bonchev–Trinajstić information content (AvgIpc) is 2.48. The van der Waals surface area contributed by atoms with Crippen LogP contribution in [0.25, 0.3) is 21.7 Å². The van der Waals surface area contributed by atoms with Gasteiger partial charge in [0.15, 0.2) is 0 Å². The van der Waals surface area contributed by atoms with Crippen LogP contribution in [-0.4, -0.2) is 12.1 Å². The predicted octanol–water partition coefficient (Wildman–Crippen LogP) is 3.22. The molecule has 2 aromatic carbocycles. The summed E-state index contributed by atoms with van der Waals surface area (Å²) >= 11 is 0. The summed E-state index contributed by atoms with van der Waals surface area (Å²) in [7, 11) is 0. The molecule has 4 heteroatoms. The fraction of sp³-hybridized carbons (Fsp3) is 0.235. The van der Waals surface area contributed by atoms with Gasteiger partial charge in [0.1, 0.15) is 11.3 Å². The van der Waals surface area contributed by atoms with Gasteiger partial charge in [-0.1, -0.05) is 25.1 Å². The monoisotopic (exact) mass is 286 g/mol. The van der Waals surface area contributed by atoms with Crippen LogP contribution in [0.3, 0.4) is 0 Å². The second-order valence-electron chi connectivity index (χ2n) is 4.85. The summed E-state index contributed by atoms with van der Waals surface area (Å²) in [5, 5.41) is 2.48. The molecule has 0 radical (unpaired) electrons. The van der Waals surface area contributed by atoms with Crippen LogP contribution < -0.4 is 10.4 Å². The lowest BCUT2D eigenvalue weighted by Crippen LogP contribution is -2.02. The lowest BCUT2D eigenvalue weighted by atomic mass is 10.0. The maximum absolute atomic E-state index is 12.1. The molecule has 0 unspecified atom stereocenters. The van der Waals surface area contributed by atoms with E-state index in [1.165, 1.54) is 0 Å². The lowest BCUT2D eigenvalue weighted by Gasteiger charge is -2.10. The Balaban J connectivity index is 0.00000161. The van der Waals surface area contributed by atoms with Crippen molar-refractivity contribution in [1.29, 1.82) is 0 Å². The van der Waals surface area contributed by atoms with Crippen molar-refractivity contribution >= 4 is 21.7 Å². The number of fused-ring (bicyclic) bond motifs is 3. The molecule has 0 spiro atoms. The molecule has 0 bridgehead atoms. The molecule has 0 fully saturated rings. The first-order valence-corrected chi connectivity index (χ1v) is 6.80. The van der Waals surface area contributed by atoms with Crippen molar-refractivity contribution in [2.75, 3.05) is 6.61 Å². The largest absolute Gasteiger partial charge is 0.493 e. The van der Waals surface area contributed by atoms with Crippen molar-refractivity contribution in [3.63, 3.8) is 0 Å². The highest BCUT2D eigenvalue weighted by Gasteiger charge is 2.11.